The van der Waals surface area contributed by atoms with Gasteiger partial charge in [-0.3, -0.25) is 0 Å². The number of nitrogens with zero attached hydrogens (tertiary/aromatic N) is 1. The predicted octanol–water partition coefficient (Wildman–Crippen LogP) is 6.53. The Kier molecular flexibility index (Phi) is 9.55. The number of carbonyl (C=O) groups excluding carboxylic acids is 1. The van der Waals surface area contributed by atoms with Gasteiger partial charge in [0.25, 0.3) is 0 Å². The molecule has 0 N–H and O–H groups in total. The first kappa shape index (κ1) is 35.1. The number of benzene rings is 2. The van der Waals surface area contributed by atoms with Crippen LogP contribution in [0.3, 0.4) is 0 Å². The fourth-order valence-electron chi connectivity index (χ4n) is 9.90. The van der Waals surface area contributed by atoms with Crippen LogP contribution in [-0.4, -0.2) is 57.1 Å². The molecule has 6 rings (SSSR count). The van der Waals surface area contributed by atoms with E-state index in [0.29, 0.717) is 5.92 Å². The third-order valence-corrected chi connectivity index (χ3v) is 28.9. The predicted molar refractivity (Wildman–Crippen MR) is 183 cm³/mol. The molecule has 2 aliphatic carbocycles. The average Bonchev–Trinajstić information content (AvgIpc) is 3.70. The Morgan fingerprint density at radius 1 is 1.00 bits per heavy atom. The molecule has 4 aliphatic rings. The van der Waals surface area contributed by atoms with E-state index < -0.39 is 47.6 Å². The number of hydrogen-bond donors (Lipinski definition) is 0. The number of carbonyl (C=O) groups is 1. The van der Waals surface area contributed by atoms with Crippen molar-refractivity contribution >= 4 is 42.9 Å². The summed E-state index contributed by atoms with van der Waals surface area (Å²) in [5.41, 5.74) is -0.391. The van der Waals surface area contributed by atoms with Crippen molar-refractivity contribution in [2.45, 2.75) is 113 Å². The molecule has 2 heterocycles. The van der Waals surface area contributed by atoms with E-state index in [4.69, 9.17) is 17.4 Å². The van der Waals surface area contributed by atoms with Gasteiger partial charge in [0.05, 0.1) is 0 Å². The van der Waals surface area contributed by atoms with Crippen molar-refractivity contribution in [3.8, 4) is 0 Å². The number of fused-ring (bicyclic) bond motifs is 1. The van der Waals surface area contributed by atoms with Crippen LogP contribution in [0.1, 0.15) is 80.6 Å². The van der Waals surface area contributed by atoms with Gasteiger partial charge in [0.1, 0.15) is 0 Å². The van der Waals surface area contributed by atoms with Gasteiger partial charge in [0, 0.05) is 0 Å². The Labute approximate surface area is 293 Å². The standard InChI is InChI=1S/C36H50NO5SSi.ClH.Hg/c1-25(42-44(34(3,4)5,29-14-10-8-11-15-29)30-16-12-9-13-17-30)22-28-18-19-31(41-28)26(2)33(38)37-32-23-27-20-21-36(32,35(27,6)7)24-43(37,39)40;;/h8-17,22,25-28,31-32H,18-21,23-24H2,1-7H3;1H;/q;;+1/p-1/t25-,26-,27-,28-,31+,32-,36-;;/m0../s1. The quantitative estimate of drug-likeness (QED) is 0.269. The van der Waals surface area contributed by atoms with Gasteiger partial charge < -0.3 is 0 Å². The van der Waals surface area contributed by atoms with Gasteiger partial charge in [-0.25, -0.2) is 0 Å². The molecule has 0 radical (unpaired) electrons. The summed E-state index contributed by atoms with van der Waals surface area (Å²) in [7, 11) is 0.516. The second-order valence-corrected chi connectivity index (χ2v) is 29.8. The summed E-state index contributed by atoms with van der Waals surface area (Å²) in [4.78, 5) is 14.1. The maximum atomic E-state index is 14.1. The van der Waals surface area contributed by atoms with Crippen molar-refractivity contribution in [3.63, 3.8) is 0 Å². The Hall–Kier alpha value is -0.778. The van der Waals surface area contributed by atoms with Gasteiger partial charge >= 0.3 is 295 Å². The van der Waals surface area contributed by atoms with Gasteiger partial charge in [0.2, 0.25) is 0 Å². The molecule has 1 spiro atoms. The molecule has 4 fully saturated rings. The molecular formula is C36H50ClHgNO5SSi. The summed E-state index contributed by atoms with van der Waals surface area (Å²) in [6, 6.07) is 21.1. The van der Waals surface area contributed by atoms with Crippen molar-refractivity contribution in [2.24, 2.45) is 22.7 Å². The van der Waals surface area contributed by atoms with Crippen LogP contribution in [0.4, 0.5) is 0 Å². The van der Waals surface area contributed by atoms with E-state index >= 15 is 0 Å². The number of halogens is 1. The molecule has 46 heavy (non-hydrogen) atoms. The minimum absolute atomic E-state index is 0.0693. The summed E-state index contributed by atoms with van der Waals surface area (Å²) < 4.78 is 42.9. The minimum atomic E-state index is -3.67. The summed E-state index contributed by atoms with van der Waals surface area (Å²) >= 11 is -1.97. The van der Waals surface area contributed by atoms with E-state index in [1.165, 1.54) is 14.7 Å². The van der Waals surface area contributed by atoms with Crippen LogP contribution in [0.25, 0.3) is 0 Å². The summed E-state index contributed by atoms with van der Waals surface area (Å²) in [6.07, 6.45) is 3.75. The zero-order valence-corrected chi connectivity index (χ0v) is 36.6. The average molecular weight is 873 g/mol. The van der Waals surface area contributed by atoms with Crippen molar-refractivity contribution < 1.29 is 45.7 Å². The first-order chi connectivity index (χ1) is 21.6. The molecule has 1 amide bonds. The van der Waals surface area contributed by atoms with Gasteiger partial charge in [-0.05, 0) is 0 Å². The fourth-order valence-corrected chi connectivity index (χ4v) is 25.4. The number of hydrogen-bond acceptors (Lipinski definition) is 5. The second-order valence-electron chi connectivity index (χ2n) is 16.1. The first-order valence-corrected chi connectivity index (χ1v) is 30.6. The van der Waals surface area contributed by atoms with E-state index in [2.05, 4.69) is 102 Å². The van der Waals surface area contributed by atoms with Gasteiger partial charge in [0.15, 0.2) is 0 Å². The summed E-state index contributed by atoms with van der Waals surface area (Å²) in [6.45, 7) is 15.3. The van der Waals surface area contributed by atoms with Crippen molar-refractivity contribution in [1.29, 1.82) is 0 Å². The zero-order chi connectivity index (χ0) is 33.3. The molecule has 2 aromatic carbocycles. The molecule has 8 atom stereocenters. The third kappa shape index (κ3) is 5.42. The van der Waals surface area contributed by atoms with E-state index in [1.807, 2.05) is 6.92 Å². The van der Waals surface area contributed by atoms with Crippen LogP contribution in [-0.2, 0) is 47.3 Å². The van der Waals surface area contributed by atoms with E-state index in [1.54, 1.807) is 0 Å². The van der Waals surface area contributed by atoms with Crippen LogP contribution in [0.5, 0.6) is 0 Å². The molecule has 10 heteroatoms. The van der Waals surface area contributed by atoms with Crippen molar-refractivity contribution in [3.05, 3.63) is 60.7 Å². The van der Waals surface area contributed by atoms with Crippen LogP contribution in [0, 0.1) is 22.7 Å². The fraction of sp³-hybridized carbons (Fsp3) is 0.639. The monoisotopic (exact) mass is 873 g/mol. The Bertz CT molecular complexity index is 1500. The molecule has 0 unspecified atom stereocenters. The Morgan fingerprint density at radius 3 is 2.09 bits per heavy atom. The topological polar surface area (TPSA) is 72.9 Å². The van der Waals surface area contributed by atoms with Crippen molar-refractivity contribution in [2.75, 3.05) is 5.75 Å². The molecule has 0 aromatic heterocycles. The molecule has 2 aliphatic heterocycles. The molecule has 2 saturated carbocycles. The van der Waals surface area contributed by atoms with E-state index in [9.17, 15) is 13.2 Å². The third-order valence-electron chi connectivity index (χ3n) is 12.7. The Balaban J connectivity index is 1.22. The van der Waals surface area contributed by atoms with Crippen LogP contribution in [0.2, 0.25) is 8.46 Å². The number of rotatable bonds is 9. The van der Waals surface area contributed by atoms with Crippen LogP contribution in [0.15, 0.2) is 60.7 Å². The SMILES string of the molecule is C[C@H](O[Si](c1ccccc1)(c1ccccc1)C(C)(C)C)[C@H]([Hg][Cl])[C@@H]1CC[C@H]([C@H](C)C(=O)N2[C@H]3C[C@@H]4CC[C@@]3(CS2(=O)=O)C4(C)C)O1. The first-order valence-electron chi connectivity index (χ1n) is 17.2. The second kappa shape index (κ2) is 12.5. The number of amides is 1. The summed E-state index contributed by atoms with van der Waals surface area (Å²) in [5, 5.41) is 2.33. The normalized spacial score (nSPS) is 31.7. The Morgan fingerprint density at radius 2 is 1.57 bits per heavy atom. The molecule has 2 saturated heterocycles. The van der Waals surface area contributed by atoms with Crippen LogP contribution >= 0.6 is 8.25 Å². The van der Waals surface area contributed by atoms with Crippen molar-refractivity contribution in [1.82, 2.24) is 4.31 Å². The number of ether oxygens (including phenoxy) is 1. The zero-order valence-electron chi connectivity index (χ0n) is 28.5. The van der Waals surface area contributed by atoms with Gasteiger partial charge in [-0.1, -0.05) is 0 Å². The molecular weight excluding hydrogens is 823 g/mol. The summed E-state index contributed by atoms with van der Waals surface area (Å²) in [5.74, 6) is -0.237. The van der Waals surface area contributed by atoms with E-state index in [-0.39, 0.29) is 55.3 Å². The molecule has 6 nitrogen and oxygen atoms in total. The van der Waals surface area contributed by atoms with Gasteiger partial charge in [-0.2, -0.15) is 0 Å². The molecule has 2 bridgehead atoms. The molecule has 248 valence electrons. The van der Waals surface area contributed by atoms with Crippen LogP contribution < -0.4 is 10.4 Å². The maximum absolute atomic E-state index is 14.1. The molecule has 2 aromatic rings. The number of sulfonamides is 1. The van der Waals surface area contributed by atoms with E-state index in [0.717, 1.165) is 32.1 Å². The van der Waals surface area contributed by atoms with Gasteiger partial charge in [-0.15, -0.1) is 0 Å².